The van der Waals surface area contributed by atoms with Gasteiger partial charge in [-0.1, -0.05) is 41.8 Å². The van der Waals surface area contributed by atoms with Crippen LogP contribution in [0, 0.1) is 39.4 Å². The highest BCUT2D eigenvalue weighted by Crippen LogP contribution is 2.70. The second-order valence-electron chi connectivity index (χ2n) is 13.2. The van der Waals surface area contributed by atoms with E-state index in [-0.39, 0.29) is 37.2 Å². The summed E-state index contributed by atoms with van der Waals surface area (Å²) in [5, 5.41) is 3.19. The van der Waals surface area contributed by atoms with Crippen LogP contribution >= 0.6 is 0 Å². The van der Waals surface area contributed by atoms with E-state index in [1.165, 1.54) is 13.0 Å². The van der Waals surface area contributed by atoms with E-state index in [0.717, 1.165) is 48.3 Å². The number of ether oxygens (including phenoxy) is 1. The summed E-state index contributed by atoms with van der Waals surface area (Å²) in [7, 11) is 1.36. The standard InChI is InChI=1S/C34H38F4N2O3/c1-32-19-27(21-5-8-23(9-6-21)40-15-3-4-16-40)31-24-10-7-22(39-42)17-25(24)29(35)18-26(31)28(32)11-12-33(32,30(41)20-43-2)13-14-34(36,37)38/h5-6,8-9,17,22,26-29H,3-4,7,10-12,15-16,18-20H2,1-2H3/t22?,26-,27+,28-,29?,32-,33-/m0/s1. The minimum atomic E-state index is -4.75. The van der Waals surface area contributed by atoms with Gasteiger partial charge < -0.3 is 9.64 Å². The van der Waals surface area contributed by atoms with Crippen molar-refractivity contribution in [3.63, 3.8) is 0 Å². The molecule has 2 unspecified atom stereocenters. The molecule has 2 saturated carbocycles. The molecule has 6 rings (SSSR count). The zero-order valence-electron chi connectivity index (χ0n) is 24.7. The van der Waals surface area contributed by atoms with Gasteiger partial charge in [-0.3, -0.25) is 4.79 Å². The number of alkyl halides is 4. The molecule has 0 aromatic heterocycles. The Kier molecular flexibility index (Phi) is 7.81. The lowest BCUT2D eigenvalue weighted by Crippen LogP contribution is -2.52. The number of fused-ring (bicyclic) bond motifs is 4. The summed E-state index contributed by atoms with van der Waals surface area (Å²) >= 11 is 0. The zero-order chi connectivity index (χ0) is 30.6. The lowest BCUT2D eigenvalue weighted by molar-refractivity contribution is -0.136. The van der Waals surface area contributed by atoms with Gasteiger partial charge in [-0.05, 0) is 97.5 Å². The smallest absolute Gasteiger partial charge is 0.377 e. The van der Waals surface area contributed by atoms with E-state index in [9.17, 15) is 22.9 Å². The van der Waals surface area contributed by atoms with Crippen LogP contribution in [0.15, 0.2) is 52.2 Å². The van der Waals surface area contributed by atoms with Crippen LogP contribution < -0.4 is 4.90 Å². The molecule has 1 aromatic rings. The van der Waals surface area contributed by atoms with E-state index in [4.69, 9.17) is 4.74 Å². The van der Waals surface area contributed by atoms with Crippen molar-refractivity contribution in [3.8, 4) is 11.8 Å². The van der Waals surface area contributed by atoms with Gasteiger partial charge in [0.05, 0.1) is 5.41 Å². The number of methoxy groups -OCH3 is 1. The van der Waals surface area contributed by atoms with Gasteiger partial charge in [0, 0.05) is 37.7 Å². The number of carbonyl (C=O) groups excluding carboxylic acids is 1. The number of allylic oxidation sites excluding steroid dienone is 3. The minimum absolute atomic E-state index is 0.167. The number of carbonyl (C=O) groups is 1. The van der Waals surface area contributed by atoms with Gasteiger partial charge in [0.25, 0.3) is 0 Å². The highest BCUT2D eigenvalue weighted by molar-refractivity contribution is 5.90. The Balaban J connectivity index is 1.51. The molecule has 1 aromatic carbocycles. The van der Waals surface area contributed by atoms with Crippen molar-refractivity contribution in [3.05, 3.63) is 57.5 Å². The molecule has 1 aliphatic heterocycles. The Labute approximate surface area is 250 Å². The van der Waals surface area contributed by atoms with Crippen molar-refractivity contribution in [2.45, 2.75) is 82.6 Å². The number of hydrogen-bond acceptors (Lipinski definition) is 5. The third-order valence-corrected chi connectivity index (χ3v) is 11.1. The normalized spacial score (nSPS) is 35.3. The summed E-state index contributed by atoms with van der Waals surface area (Å²) in [4.78, 5) is 27.5. The number of benzene rings is 1. The van der Waals surface area contributed by atoms with Gasteiger partial charge in [-0.2, -0.15) is 18.1 Å². The van der Waals surface area contributed by atoms with Gasteiger partial charge in [0.2, 0.25) is 0 Å². The second kappa shape index (κ2) is 11.2. The number of ketones is 1. The van der Waals surface area contributed by atoms with Crippen molar-refractivity contribution in [1.82, 2.24) is 0 Å². The first-order valence-corrected chi connectivity index (χ1v) is 15.4. The molecular formula is C34H38F4N2O3. The maximum Gasteiger partial charge on any atom is 0.457 e. The summed E-state index contributed by atoms with van der Waals surface area (Å²) in [5.74, 6) is 2.79. The second-order valence-corrected chi connectivity index (χ2v) is 13.2. The Morgan fingerprint density at radius 1 is 1.16 bits per heavy atom. The van der Waals surface area contributed by atoms with Crippen LogP contribution in [-0.4, -0.2) is 51.0 Å². The summed E-state index contributed by atoms with van der Waals surface area (Å²) in [5.41, 5.74) is 2.24. The van der Waals surface area contributed by atoms with E-state index >= 15 is 4.39 Å². The quantitative estimate of drug-likeness (QED) is 0.194. The fraction of sp³-hybridized carbons (Fsp3) is 0.618. The Hall–Kier alpha value is -2.99. The van der Waals surface area contributed by atoms with Crippen molar-refractivity contribution < 1.29 is 27.1 Å². The van der Waals surface area contributed by atoms with Crippen LogP contribution in [-0.2, 0) is 9.53 Å². The highest BCUT2D eigenvalue weighted by Gasteiger charge is 2.66. The number of Topliss-reactive ketones (excluding diaryl/α,β-unsaturated/α-hetero) is 1. The van der Waals surface area contributed by atoms with Crippen LogP contribution in [0.5, 0.6) is 0 Å². The van der Waals surface area contributed by atoms with E-state index in [1.807, 2.05) is 6.92 Å². The van der Waals surface area contributed by atoms with Gasteiger partial charge in [-0.15, -0.1) is 0 Å². The van der Waals surface area contributed by atoms with E-state index in [1.54, 1.807) is 6.08 Å². The third-order valence-electron chi connectivity index (χ3n) is 11.1. The molecule has 3 fully saturated rings. The molecule has 0 bridgehead atoms. The number of anilines is 1. The van der Waals surface area contributed by atoms with Crippen molar-refractivity contribution in [2.75, 3.05) is 31.7 Å². The average Bonchev–Trinajstić information content (AvgIpc) is 3.62. The van der Waals surface area contributed by atoms with Crippen LogP contribution in [0.2, 0.25) is 0 Å². The van der Waals surface area contributed by atoms with Gasteiger partial charge in [-0.25, -0.2) is 4.39 Å². The fourth-order valence-corrected chi connectivity index (χ4v) is 9.22. The Bertz CT molecular complexity index is 1400. The topological polar surface area (TPSA) is 59.0 Å². The van der Waals surface area contributed by atoms with E-state index in [0.29, 0.717) is 31.3 Å². The molecule has 0 spiro atoms. The molecule has 43 heavy (non-hydrogen) atoms. The number of halogens is 4. The van der Waals surface area contributed by atoms with Crippen LogP contribution in [0.4, 0.5) is 23.2 Å². The van der Waals surface area contributed by atoms with E-state index in [2.05, 4.69) is 40.3 Å². The van der Waals surface area contributed by atoms with Crippen LogP contribution in [0.1, 0.15) is 69.8 Å². The first-order chi connectivity index (χ1) is 20.5. The zero-order valence-corrected chi connectivity index (χ0v) is 24.7. The summed E-state index contributed by atoms with van der Waals surface area (Å²) in [6, 6.07) is 7.81. The maximum atomic E-state index is 16.0. The molecular weight excluding hydrogens is 560 g/mol. The van der Waals surface area contributed by atoms with Crippen molar-refractivity contribution in [2.24, 2.45) is 27.8 Å². The molecule has 1 saturated heterocycles. The third kappa shape index (κ3) is 5.04. The van der Waals surface area contributed by atoms with Gasteiger partial charge in [0.1, 0.15) is 18.8 Å². The Morgan fingerprint density at radius 2 is 1.88 bits per heavy atom. The molecule has 5 nitrogen and oxygen atoms in total. The number of nitrogens with zero attached hydrogens (tertiary/aromatic N) is 2. The summed E-state index contributed by atoms with van der Waals surface area (Å²) < 4.78 is 61.8. The average molecular weight is 599 g/mol. The first-order valence-electron chi connectivity index (χ1n) is 15.4. The number of nitroso groups, excluding NO2 is 1. The molecule has 0 radical (unpaired) electrons. The van der Waals surface area contributed by atoms with Gasteiger partial charge >= 0.3 is 6.18 Å². The molecule has 0 N–H and O–H groups in total. The number of rotatable bonds is 6. The summed E-state index contributed by atoms with van der Waals surface area (Å²) in [6.45, 7) is 3.57. The molecule has 1 heterocycles. The Morgan fingerprint density at radius 3 is 2.53 bits per heavy atom. The molecule has 9 heteroatoms. The van der Waals surface area contributed by atoms with Crippen LogP contribution in [0.3, 0.4) is 0 Å². The lowest BCUT2D eigenvalue weighted by atomic mass is 9.48. The van der Waals surface area contributed by atoms with Crippen LogP contribution in [0.25, 0.3) is 0 Å². The molecule has 230 valence electrons. The molecule has 0 amide bonds. The SMILES string of the molecule is COCC(=O)[C@@]1(C#CC(F)(F)F)CC[C@H]2[C@@H]3CC(F)C4=CC(N=O)CCC4=C3[C@@H](c3ccc(N4CCCC4)cc3)C[C@@]21C. The van der Waals surface area contributed by atoms with Gasteiger partial charge in [0.15, 0.2) is 5.78 Å². The monoisotopic (exact) mass is 598 g/mol. The molecule has 4 aliphatic carbocycles. The minimum Gasteiger partial charge on any atom is -0.377 e. The van der Waals surface area contributed by atoms with Crippen molar-refractivity contribution >= 4 is 11.5 Å². The first kappa shape index (κ1) is 30.1. The number of hydrogen-bond donors (Lipinski definition) is 0. The van der Waals surface area contributed by atoms with E-state index < -0.39 is 35.0 Å². The maximum absolute atomic E-state index is 16.0. The lowest BCUT2D eigenvalue weighted by Gasteiger charge is -2.55. The molecule has 7 atom stereocenters. The highest BCUT2D eigenvalue weighted by atomic mass is 19.4. The molecule has 5 aliphatic rings. The largest absolute Gasteiger partial charge is 0.457 e. The fourth-order valence-electron chi connectivity index (χ4n) is 9.22. The predicted molar refractivity (Wildman–Crippen MR) is 156 cm³/mol. The predicted octanol–water partition coefficient (Wildman–Crippen LogP) is 7.47. The van der Waals surface area contributed by atoms with Crippen molar-refractivity contribution in [1.29, 1.82) is 0 Å². The summed E-state index contributed by atoms with van der Waals surface area (Å²) in [6.07, 6.45) is 0.184.